The summed E-state index contributed by atoms with van der Waals surface area (Å²) in [6, 6.07) is 8.02. The van der Waals surface area contributed by atoms with Crippen LogP contribution >= 0.6 is 15.9 Å². The van der Waals surface area contributed by atoms with Gasteiger partial charge in [0.2, 0.25) is 5.91 Å². The second-order valence-corrected chi connectivity index (χ2v) is 6.05. The molecule has 110 valence electrons. The van der Waals surface area contributed by atoms with Crippen molar-refractivity contribution in [3.63, 3.8) is 0 Å². The quantitative estimate of drug-likeness (QED) is 0.835. The summed E-state index contributed by atoms with van der Waals surface area (Å²) < 4.78 is 5.18. The molecule has 0 aliphatic heterocycles. The highest BCUT2D eigenvalue weighted by Gasteiger charge is 2.25. The van der Waals surface area contributed by atoms with Crippen LogP contribution in [0.3, 0.4) is 0 Å². The molecular formula is C16H22BrNO2. The van der Waals surface area contributed by atoms with E-state index in [1.165, 1.54) is 19.3 Å². The molecule has 2 rings (SSSR count). The van der Waals surface area contributed by atoms with Crippen molar-refractivity contribution in [2.24, 2.45) is 5.92 Å². The zero-order valence-corrected chi connectivity index (χ0v) is 13.5. The van der Waals surface area contributed by atoms with Gasteiger partial charge in [-0.05, 0) is 36.5 Å². The average Bonchev–Trinajstić information content (AvgIpc) is 2.48. The summed E-state index contributed by atoms with van der Waals surface area (Å²) in [6.45, 7) is 0. The molecule has 4 heteroatoms. The fourth-order valence-corrected chi connectivity index (χ4v) is 3.58. The Bertz CT molecular complexity index is 450. The Morgan fingerprint density at radius 2 is 2.20 bits per heavy atom. The van der Waals surface area contributed by atoms with E-state index in [9.17, 15) is 4.79 Å². The largest absolute Gasteiger partial charge is 0.497 e. The van der Waals surface area contributed by atoms with Crippen LogP contribution < -0.4 is 10.1 Å². The molecule has 1 fully saturated rings. The van der Waals surface area contributed by atoms with E-state index in [2.05, 4.69) is 21.2 Å². The van der Waals surface area contributed by atoms with Crippen molar-refractivity contribution in [2.45, 2.75) is 38.1 Å². The number of rotatable bonds is 5. The van der Waals surface area contributed by atoms with Crippen LogP contribution in [0.25, 0.3) is 0 Å². The minimum Gasteiger partial charge on any atom is -0.497 e. The van der Waals surface area contributed by atoms with Crippen LogP contribution in [0.2, 0.25) is 0 Å². The summed E-state index contributed by atoms with van der Waals surface area (Å²) in [4.78, 5) is 12.2. The molecule has 1 aliphatic carbocycles. The van der Waals surface area contributed by atoms with Crippen LogP contribution in [0.4, 0.5) is 0 Å². The number of methoxy groups -OCH3 is 1. The molecular weight excluding hydrogens is 318 g/mol. The first-order valence-corrected chi connectivity index (χ1v) is 8.33. The maximum Gasteiger partial charge on any atom is 0.224 e. The van der Waals surface area contributed by atoms with Gasteiger partial charge in [0.05, 0.1) is 13.5 Å². The van der Waals surface area contributed by atoms with E-state index in [0.29, 0.717) is 18.4 Å². The van der Waals surface area contributed by atoms with Crippen molar-refractivity contribution in [1.29, 1.82) is 0 Å². The van der Waals surface area contributed by atoms with Gasteiger partial charge in [0.1, 0.15) is 5.75 Å². The monoisotopic (exact) mass is 339 g/mol. The SMILES string of the molecule is COc1cccc(CC(=O)NC2CCCCC2CBr)c1. The van der Waals surface area contributed by atoms with Crippen molar-refractivity contribution in [1.82, 2.24) is 5.32 Å². The number of nitrogens with one attached hydrogen (secondary N) is 1. The maximum atomic E-state index is 12.2. The molecule has 0 bridgehead atoms. The van der Waals surface area contributed by atoms with Crippen LogP contribution in [0.1, 0.15) is 31.2 Å². The molecule has 0 saturated heterocycles. The van der Waals surface area contributed by atoms with E-state index in [0.717, 1.165) is 23.1 Å². The van der Waals surface area contributed by atoms with E-state index in [-0.39, 0.29) is 5.91 Å². The fourth-order valence-electron chi connectivity index (χ4n) is 2.81. The zero-order chi connectivity index (χ0) is 14.4. The molecule has 0 radical (unpaired) electrons. The Kier molecular flexibility index (Phi) is 5.89. The second kappa shape index (κ2) is 7.67. The third kappa shape index (κ3) is 4.23. The third-order valence-electron chi connectivity index (χ3n) is 3.95. The van der Waals surface area contributed by atoms with Crippen LogP contribution in [0.15, 0.2) is 24.3 Å². The summed E-state index contributed by atoms with van der Waals surface area (Å²) in [5.41, 5.74) is 0.994. The summed E-state index contributed by atoms with van der Waals surface area (Å²) in [5, 5.41) is 4.17. The second-order valence-electron chi connectivity index (χ2n) is 5.40. The first-order valence-electron chi connectivity index (χ1n) is 7.21. The molecule has 0 heterocycles. The Morgan fingerprint density at radius 3 is 2.95 bits per heavy atom. The number of benzene rings is 1. The molecule has 1 saturated carbocycles. The standard InChI is InChI=1S/C16H22BrNO2/c1-20-14-7-4-5-12(9-14)10-16(19)18-15-8-3-2-6-13(15)11-17/h4-5,7,9,13,15H,2-3,6,8,10-11H2,1H3,(H,18,19). The van der Waals surface area contributed by atoms with E-state index >= 15 is 0 Å². The first kappa shape index (κ1) is 15.4. The lowest BCUT2D eigenvalue weighted by molar-refractivity contribution is -0.121. The normalized spacial score (nSPS) is 22.3. The van der Waals surface area contributed by atoms with Gasteiger partial charge in [-0.3, -0.25) is 4.79 Å². The highest BCUT2D eigenvalue weighted by molar-refractivity contribution is 9.09. The Morgan fingerprint density at radius 1 is 1.40 bits per heavy atom. The van der Waals surface area contributed by atoms with Gasteiger partial charge in [-0.15, -0.1) is 0 Å². The lowest BCUT2D eigenvalue weighted by atomic mass is 9.86. The van der Waals surface area contributed by atoms with E-state index in [1.807, 2.05) is 24.3 Å². The van der Waals surface area contributed by atoms with Gasteiger partial charge in [0.25, 0.3) is 0 Å². The van der Waals surface area contributed by atoms with Gasteiger partial charge in [0.15, 0.2) is 0 Å². The molecule has 3 nitrogen and oxygen atoms in total. The summed E-state index contributed by atoms with van der Waals surface area (Å²) in [5.74, 6) is 1.47. The smallest absolute Gasteiger partial charge is 0.224 e. The van der Waals surface area contributed by atoms with Crippen molar-refractivity contribution in [2.75, 3.05) is 12.4 Å². The zero-order valence-electron chi connectivity index (χ0n) is 11.9. The van der Waals surface area contributed by atoms with Crippen molar-refractivity contribution < 1.29 is 9.53 Å². The number of halogens is 1. The summed E-state index contributed by atoms with van der Waals surface area (Å²) in [6.07, 6.45) is 5.21. The topological polar surface area (TPSA) is 38.3 Å². The fraction of sp³-hybridized carbons (Fsp3) is 0.562. The first-order chi connectivity index (χ1) is 9.72. The summed E-state index contributed by atoms with van der Waals surface area (Å²) in [7, 11) is 1.64. The van der Waals surface area contributed by atoms with Crippen LogP contribution in [0.5, 0.6) is 5.75 Å². The predicted molar refractivity (Wildman–Crippen MR) is 84.4 cm³/mol. The minimum absolute atomic E-state index is 0.108. The highest BCUT2D eigenvalue weighted by atomic mass is 79.9. The molecule has 1 aromatic rings. The molecule has 20 heavy (non-hydrogen) atoms. The van der Waals surface area contributed by atoms with E-state index in [4.69, 9.17) is 4.74 Å². The van der Waals surface area contributed by atoms with E-state index < -0.39 is 0 Å². The predicted octanol–water partition coefficient (Wildman–Crippen LogP) is 3.31. The van der Waals surface area contributed by atoms with Crippen LogP contribution in [0, 0.1) is 5.92 Å². The molecule has 1 aromatic carbocycles. The number of alkyl halides is 1. The molecule has 1 N–H and O–H groups in total. The average molecular weight is 340 g/mol. The lowest BCUT2D eigenvalue weighted by Crippen LogP contribution is -2.43. The number of carbonyl (C=O) groups is 1. The number of ether oxygens (including phenoxy) is 1. The molecule has 2 atom stereocenters. The third-order valence-corrected chi connectivity index (χ3v) is 4.78. The lowest BCUT2D eigenvalue weighted by Gasteiger charge is -2.31. The highest BCUT2D eigenvalue weighted by Crippen LogP contribution is 2.26. The number of carbonyl (C=O) groups excluding carboxylic acids is 1. The van der Waals surface area contributed by atoms with Crippen molar-refractivity contribution >= 4 is 21.8 Å². The van der Waals surface area contributed by atoms with Gasteiger partial charge in [-0.1, -0.05) is 40.9 Å². The van der Waals surface area contributed by atoms with E-state index in [1.54, 1.807) is 7.11 Å². The number of hydrogen-bond acceptors (Lipinski definition) is 2. The van der Waals surface area contributed by atoms with Gasteiger partial charge >= 0.3 is 0 Å². The van der Waals surface area contributed by atoms with Crippen molar-refractivity contribution in [3.05, 3.63) is 29.8 Å². The molecule has 0 spiro atoms. The van der Waals surface area contributed by atoms with Gasteiger partial charge < -0.3 is 10.1 Å². The molecule has 1 aliphatic rings. The molecule has 2 unspecified atom stereocenters. The summed E-state index contributed by atoms with van der Waals surface area (Å²) >= 11 is 3.56. The van der Waals surface area contributed by atoms with Gasteiger partial charge in [0, 0.05) is 11.4 Å². The Labute approximate surface area is 129 Å². The van der Waals surface area contributed by atoms with Gasteiger partial charge in [-0.25, -0.2) is 0 Å². The number of hydrogen-bond donors (Lipinski definition) is 1. The molecule has 0 aromatic heterocycles. The van der Waals surface area contributed by atoms with Crippen LogP contribution in [-0.4, -0.2) is 24.4 Å². The van der Waals surface area contributed by atoms with Crippen LogP contribution in [-0.2, 0) is 11.2 Å². The Balaban J connectivity index is 1.90. The minimum atomic E-state index is 0.108. The number of amides is 1. The van der Waals surface area contributed by atoms with Gasteiger partial charge in [-0.2, -0.15) is 0 Å². The van der Waals surface area contributed by atoms with Crippen molar-refractivity contribution in [3.8, 4) is 5.75 Å². The molecule has 1 amide bonds. The maximum absolute atomic E-state index is 12.2. The Hall–Kier alpha value is -1.03.